The summed E-state index contributed by atoms with van der Waals surface area (Å²) in [7, 11) is 0. The predicted octanol–water partition coefficient (Wildman–Crippen LogP) is 1.49. The van der Waals surface area contributed by atoms with Gasteiger partial charge < -0.3 is 16.0 Å². The van der Waals surface area contributed by atoms with E-state index in [0.717, 1.165) is 18.5 Å². The molecule has 0 radical (unpaired) electrons. The van der Waals surface area contributed by atoms with E-state index in [9.17, 15) is 9.59 Å². The van der Waals surface area contributed by atoms with Crippen molar-refractivity contribution in [3.8, 4) is 0 Å². The number of nitrogens with two attached hydrogens (primary N) is 1. The minimum Gasteiger partial charge on any atom is -0.327 e. The molecule has 1 aliphatic rings. The van der Waals surface area contributed by atoms with Crippen molar-refractivity contribution in [2.24, 2.45) is 5.73 Å². The van der Waals surface area contributed by atoms with Gasteiger partial charge >= 0.3 is 0 Å². The number of amides is 2. The van der Waals surface area contributed by atoms with Crippen molar-refractivity contribution in [2.75, 3.05) is 16.8 Å². The van der Waals surface area contributed by atoms with Crippen molar-refractivity contribution in [1.82, 2.24) is 0 Å². The number of benzene rings is 1. The van der Waals surface area contributed by atoms with Crippen LogP contribution in [-0.4, -0.2) is 24.4 Å². The van der Waals surface area contributed by atoms with Crippen molar-refractivity contribution in [3.05, 3.63) is 24.3 Å². The van der Waals surface area contributed by atoms with Crippen LogP contribution in [0.1, 0.15) is 26.2 Å². The summed E-state index contributed by atoms with van der Waals surface area (Å²) >= 11 is 0. The standard InChI is InChI=1S/C14H19N3O2/c1-2-5-10(15)8-14(19)17-9-13(18)16-11-6-3-4-7-12(11)17/h3-4,6-7,10H,2,5,8-9,15H2,1H3,(H,16,18). The lowest BCUT2D eigenvalue weighted by Gasteiger charge is -2.29. The molecule has 19 heavy (non-hydrogen) atoms. The predicted molar refractivity (Wildman–Crippen MR) is 74.9 cm³/mol. The highest BCUT2D eigenvalue weighted by atomic mass is 16.2. The minimum absolute atomic E-state index is 0.0642. The summed E-state index contributed by atoms with van der Waals surface area (Å²) in [6, 6.07) is 7.16. The SMILES string of the molecule is CCCC(N)CC(=O)N1CC(=O)Nc2ccccc21. The number of rotatable bonds is 4. The lowest BCUT2D eigenvalue weighted by molar-refractivity contribution is -0.122. The summed E-state index contributed by atoms with van der Waals surface area (Å²) < 4.78 is 0. The van der Waals surface area contributed by atoms with Gasteiger partial charge in [0.2, 0.25) is 11.8 Å². The van der Waals surface area contributed by atoms with Gasteiger partial charge in [0, 0.05) is 12.5 Å². The molecule has 0 aliphatic carbocycles. The largest absolute Gasteiger partial charge is 0.327 e. The normalized spacial score (nSPS) is 15.7. The Balaban J connectivity index is 2.16. The molecule has 0 spiro atoms. The van der Waals surface area contributed by atoms with Crippen molar-refractivity contribution >= 4 is 23.2 Å². The second-order valence-electron chi connectivity index (χ2n) is 4.80. The van der Waals surface area contributed by atoms with Gasteiger partial charge in [0.1, 0.15) is 6.54 Å². The quantitative estimate of drug-likeness (QED) is 0.862. The van der Waals surface area contributed by atoms with E-state index < -0.39 is 0 Å². The minimum atomic E-state index is -0.170. The van der Waals surface area contributed by atoms with E-state index >= 15 is 0 Å². The van der Waals surface area contributed by atoms with Crippen LogP contribution in [0, 0.1) is 0 Å². The van der Waals surface area contributed by atoms with Crippen molar-refractivity contribution in [1.29, 1.82) is 0 Å². The highest BCUT2D eigenvalue weighted by molar-refractivity contribution is 6.09. The fourth-order valence-corrected chi connectivity index (χ4v) is 2.26. The Kier molecular flexibility index (Phi) is 4.16. The molecule has 1 atom stereocenters. The maximum absolute atomic E-state index is 12.3. The van der Waals surface area contributed by atoms with Gasteiger partial charge in [0.25, 0.3) is 0 Å². The van der Waals surface area contributed by atoms with Crippen LogP contribution in [0.5, 0.6) is 0 Å². The summed E-state index contributed by atoms with van der Waals surface area (Å²) in [4.78, 5) is 25.4. The van der Waals surface area contributed by atoms with Gasteiger partial charge in [-0.05, 0) is 18.6 Å². The molecular weight excluding hydrogens is 242 g/mol. The molecule has 102 valence electrons. The van der Waals surface area contributed by atoms with Crippen LogP contribution < -0.4 is 16.0 Å². The fourth-order valence-electron chi connectivity index (χ4n) is 2.26. The van der Waals surface area contributed by atoms with Gasteiger partial charge in [-0.25, -0.2) is 0 Å². The van der Waals surface area contributed by atoms with Gasteiger partial charge in [-0.1, -0.05) is 25.5 Å². The molecule has 1 unspecified atom stereocenters. The van der Waals surface area contributed by atoms with Crippen LogP contribution in [0.4, 0.5) is 11.4 Å². The van der Waals surface area contributed by atoms with Crippen LogP contribution in [0.25, 0.3) is 0 Å². The fraction of sp³-hybridized carbons (Fsp3) is 0.429. The Labute approximate surface area is 112 Å². The monoisotopic (exact) mass is 261 g/mol. The zero-order valence-electron chi connectivity index (χ0n) is 11.1. The van der Waals surface area contributed by atoms with E-state index in [1.54, 1.807) is 6.07 Å². The van der Waals surface area contributed by atoms with E-state index in [4.69, 9.17) is 5.73 Å². The highest BCUT2D eigenvalue weighted by Crippen LogP contribution is 2.29. The summed E-state index contributed by atoms with van der Waals surface area (Å²) in [5.41, 5.74) is 7.32. The molecule has 1 heterocycles. The van der Waals surface area contributed by atoms with Gasteiger partial charge in [0.15, 0.2) is 0 Å². The second kappa shape index (κ2) is 5.84. The Morgan fingerprint density at radius 3 is 2.95 bits per heavy atom. The molecule has 0 aromatic heterocycles. The summed E-state index contributed by atoms with van der Waals surface area (Å²) in [6.45, 7) is 2.10. The number of hydrogen-bond acceptors (Lipinski definition) is 3. The molecule has 1 aliphatic heterocycles. The number of carbonyl (C=O) groups excluding carboxylic acids is 2. The number of fused-ring (bicyclic) bond motifs is 1. The molecule has 0 saturated heterocycles. The third-order valence-electron chi connectivity index (χ3n) is 3.17. The molecular formula is C14H19N3O2. The van der Waals surface area contributed by atoms with E-state index in [0.29, 0.717) is 5.69 Å². The average molecular weight is 261 g/mol. The van der Waals surface area contributed by atoms with Crippen molar-refractivity contribution in [2.45, 2.75) is 32.2 Å². The molecule has 1 aromatic carbocycles. The third-order valence-corrected chi connectivity index (χ3v) is 3.17. The maximum atomic E-state index is 12.3. The smallest absolute Gasteiger partial charge is 0.244 e. The zero-order valence-corrected chi connectivity index (χ0v) is 11.1. The molecule has 0 bridgehead atoms. The third kappa shape index (κ3) is 3.12. The number of para-hydroxylation sites is 2. The Morgan fingerprint density at radius 2 is 2.21 bits per heavy atom. The first-order valence-corrected chi connectivity index (χ1v) is 6.56. The molecule has 2 rings (SSSR count). The Hall–Kier alpha value is -1.88. The van der Waals surface area contributed by atoms with Gasteiger partial charge in [-0.3, -0.25) is 9.59 Å². The van der Waals surface area contributed by atoms with Gasteiger partial charge in [0.05, 0.1) is 11.4 Å². The summed E-state index contributed by atoms with van der Waals surface area (Å²) in [6.07, 6.45) is 2.04. The first kappa shape index (κ1) is 13.5. The van der Waals surface area contributed by atoms with Crippen LogP contribution in [0.3, 0.4) is 0 Å². The number of nitrogens with one attached hydrogen (secondary N) is 1. The summed E-state index contributed by atoms with van der Waals surface area (Å²) in [5.74, 6) is -0.264. The molecule has 3 N–H and O–H groups in total. The van der Waals surface area contributed by atoms with Crippen molar-refractivity contribution in [3.63, 3.8) is 0 Å². The van der Waals surface area contributed by atoms with E-state index in [1.165, 1.54) is 4.90 Å². The lowest BCUT2D eigenvalue weighted by Crippen LogP contribution is -2.44. The maximum Gasteiger partial charge on any atom is 0.244 e. The van der Waals surface area contributed by atoms with Gasteiger partial charge in [-0.15, -0.1) is 0 Å². The van der Waals surface area contributed by atoms with Crippen LogP contribution in [0.15, 0.2) is 24.3 Å². The molecule has 0 fully saturated rings. The molecule has 5 heteroatoms. The first-order chi connectivity index (χ1) is 9.11. The van der Waals surface area contributed by atoms with Crippen molar-refractivity contribution < 1.29 is 9.59 Å². The Morgan fingerprint density at radius 1 is 1.47 bits per heavy atom. The van der Waals surface area contributed by atoms with Gasteiger partial charge in [-0.2, -0.15) is 0 Å². The zero-order chi connectivity index (χ0) is 13.8. The van der Waals surface area contributed by atoms with E-state index in [2.05, 4.69) is 5.32 Å². The lowest BCUT2D eigenvalue weighted by atomic mass is 10.1. The average Bonchev–Trinajstić information content (AvgIpc) is 2.37. The highest BCUT2D eigenvalue weighted by Gasteiger charge is 2.27. The number of nitrogens with zero attached hydrogens (tertiary/aromatic N) is 1. The Bertz CT molecular complexity index is 487. The second-order valence-corrected chi connectivity index (χ2v) is 4.80. The number of hydrogen-bond donors (Lipinski definition) is 2. The van der Waals surface area contributed by atoms with Crippen LogP contribution >= 0.6 is 0 Å². The number of anilines is 2. The van der Waals surface area contributed by atoms with E-state index in [-0.39, 0.29) is 30.8 Å². The van der Waals surface area contributed by atoms with E-state index in [1.807, 2.05) is 25.1 Å². The number of carbonyl (C=O) groups is 2. The molecule has 1 aromatic rings. The topological polar surface area (TPSA) is 75.4 Å². The van der Waals surface area contributed by atoms with Crippen LogP contribution in [0.2, 0.25) is 0 Å². The van der Waals surface area contributed by atoms with Crippen LogP contribution in [-0.2, 0) is 9.59 Å². The molecule has 0 saturated carbocycles. The summed E-state index contributed by atoms with van der Waals surface area (Å²) in [5, 5.41) is 2.76. The molecule has 5 nitrogen and oxygen atoms in total. The first-order valence-electron chi connectivity index (χ1n) is 6.56. The molecule has 2 amide bonds.